The Morgan fingerprint density at radius 3 is 2.71 bits per heavy atom. The van der Waals surface area contributed by atoms with Crippen LogP contribution in [0, 0.1) is 17.8 Å². The third kappa shape index (κ3) is 4.00. The van der Waals surface area contributed by atoms with Gasteiger partial charge in [0.25, 0.3) is 0 Å². The van der Waals surface area contributed by atoms with Crippen LogP contribution >= 0.6 is 0 Å². The molecule has 4 atom stereocenters. The number of fused-ring (bicyclic) bond motifs is 2. The summed E-state index contributed by atoms with van der Waals surface area (Å²) < 4.78 is 16.2. The van der Waals surface area contributed by atoms with E-state index in [4.69, 9.17) is 14.2 Å². The molecule has 0 aliphatic heterocycles. The maximum atomic E-state index is 11.7. The van der Waals surface area contributed by atoms with Gasteiger partial charge in [0.15, 0.2) is 6.79 Å². The van der Waals surface area contributed by atoms with Crippen LogP contribution in [0.3, 0.4) is 0 Å². The van der Waals surface area contributed by atoms with Crippen LogP contribution in [0.5, 0.6) is 0 Å². The van der Waals surface area contributed by atoms with Gasteiger partial charge >= 0.3 is 11.9 Å². The maximum absolute atomic E-state index is 11.7. The summed E-state index contributed by atoms with van der Waals surface area (Å²) in [6.07, 6.45) is 8.17. The van der Waals surface area contributed by atoms with Gasteiger partial charge in [-0.25, -0.2) is 4.79 Å². The highest BCUT2D eigenvalue weighted by Gasteiger charge is 2.53. The van der Waals surface area contributed by atoms with E-state index in [0.717, 1.165) is 37.0 Å². The zero-order valence-corrected chi connectivity index (χ0v) is 14.6. The molecule has 3 bridgehead atoms. The summed E-state index contributed by atoms with van der Waals surface area (Å²) >= 11 is 0. The first-order chi connectivity index (χ1) is 11.5. The molecular formula is C19H28O5. The second-order valence-corrected chi connectivity index (χ2v) is 7.79. The Hall–Kier alpha value is -1.36. The van der Waals surface area contributed by atoms with Gasteiger partial charge in [-0.05, 0) is 63.2 Å². The summed E-state index contributed by atoms with van der Waals surface area (Å²) in [5, 5.41) is 0. The Morgan fingerprint density at radius 2 is 1.92 bits per heavy atom. The van der Waals surface area contributed by atoms with Gasteiger partial charge in [-0.2, -0.15) is 0 Å². The molecule has 0 radical (unpaired) electrons. The third-order valence-corrected chi connectivity index (χ3v) is 5.87. The molecule has 4 unspecified atom stereocenters. The Kier molecular flexibility index (Phi) is 5.28. The summed E-state index contributed by atoms with van der Waals surface area (Å²) in [4.78, 5) is 23.0. The molecule has 24 heavy (non-hydrogen) atoms. The fourth-order valence-electron chi connectivity index (χ4n) is 4.83. The first-order valence-corrected chi connectivity index (χ1v) is 9.10. The molecule has 3 fully saturated rings. The normalized spacial score (nSPS) is 33.3. The zero-order chi connectivity index (χ0) is 17.2. The Bertz CT molecular complexity index is 510. The quantitative estimate of drug-likeness (QED) is 0.294. The highest BCUT2D eigenvalue weighted by molar-refractivity contribution is 5.86. The Balaban J connectivity index is 1.31. The van der Waals surface area contributed by atoms with Crippen molar-refractivity contribution in [1.82, 2.24) is 0 Å². The Labute approximate surface area is 143 Å². The van der Waals surface area contributed by atoms with Crippen molar-refractivity contribution in [3.05, 3.63) is 12.2 Å². The standard InChI is InChI=1S/C19H28O5/c1-13(2)18(21)22-7-3-4-17(20)23-12-24-19-9-14-5-6-15(10-19)16(8-14)11-19/h14-16H,1,3-12H2,2H3. The van der Waals surface area contributed by atoms with Crippen molar-refractivity contribution in [2.75, 3.05) is 13.4 Å². The van der Waals surface area contributed by atoms with Gasteiger partial charge < -0.3 is 14.2 Å². The molecule has 0 aromatic rings. The van der Waals surface area contributed by atoms with Crippen molar-refractivity contribution >= 4 is 11.9 Å². The van der Waals surface area contributed by atoms with Crippen molar-refractivity contribution in [3.8, 4) is 0 Å². The van der Waals surface area contributed by atoms with E-state index in [-0.39, 0.29) is 31.4 Å². The molecule has 0 aromatic heterocycles. The summed E-state index contributed by atoms with van der Waals surface area (Å²) in [6, 6.07) is 0. The summed E-state index contributed by atoms with van der Waals surface area (Å²) in [6.45, 7) is 5.36. The molecule has 0 amide bonds. The molecule has 5 nitrogen and oxygen atoms in total. The van der Waals surface area contributed by atoms with Gasteiger partial charge in [-0.3, -0.25) is 4.79 Å². The van der Waals surface area contributed by atoms with Crippen LogP contribution in [0.4, 0.5) is 0 Å². The average Bonchev–Trinajstić information content (AvgIpc) is 2.70. The number of esters is 2. The minimum Gasteiger partial charge on any atom is -0.462 e. The molecule has 134 valence electrons. The van der Waals surface area contributed by atoms with Crippen molar-refractivity contribution in [2.45, 2.75) is 63.9 Å². The predicted molar refractivity (Wildman–Crippen MR) is 88.0 cm³/mol. The van der Waals surface area contributed by atoms with Crippen molar-refractivity contribution in [2.24, 2.45) is 17.8 Å². The summed E-state index contributed by atoms with van der Waals surface area (Å²) in [5.74, 6) is 1.74. The van der Waals surface area contributed by atoms with E-state index in [1.54, 1.807) is 6.92 Å². The fraction of sp³-hybridized carbons (Fsp3) is 0.789. The number of carbonyl (C=O) groups is 2. The average molecular weight is 336 g/mol. The molecule has 0 N–H and O–H groups in total. The minimum atomic E-state index is -0.423. The lowest BCUT2D eigenvalue weighted by Crippen LogP contribution is -2.37. The van der Waals surface area contributed by atoms with Gasteiger partial charge in [0.1, 0.15) is 0 Å². The molecule has 3 saturated carbocycles. The highest BCUT2D eigenvalue weighted by Crippen LogP contribution is 2.58. The number of hydrogen-bond donors (Lipinski definition) is 0. The van der Waals surface area contributed by atoms with Crippen molar-refractivity contribution in [1.29, 1.82) is 0 Å². The van der Waals surface area contributed by atoms with Crippen LogP contribution in [0.2, 0.25) is 0 Å². The van der Waals surface area contributed by atoms with Gasteiger partial charge in [0.05, 0.1) is 12.2 Å². The number of rotatable bonds is 8. The second-order valence-electron chi connectivity index (χ2n) is 7.79. The van der Waals surface area contributed by atoms with E-state index >= 15 is 0 Å². The lowest BCUT2D eigenvalue weighted by molar-refractivity contribution is -0.178. The van der Waals surface area contributed by atoms with Crippen LogP contribution in [0.15, 0.2) is 12.2 Å². The number of hydrogen-bond acceptors (Lipinski definition) is 5. The van der Waals surface area contributed by atoms with Crippen molar-refractivity contribution < 1.29 is 23.8 Å². The van der Waals surface area contributed by atoms with E-state index < -0.39 is 5.97 Å². The lowest BCUT2D eigenvalue weighted by atomic mass is 9.71. The summed E-state index contributed by atoms with van der Waals surface area (Å²) in [5.41, 5.74) is 0.327. The van der Waals surface area contributed by atoms with Crippen molar-refractivity contribution in [3.63, 3.8) is 0 Å². The SMILES string of the molecule is C=C(C)C(=O)OCCCC(=O)OCOC12CC3CCC(C1)C(C3)C2. The molecule has 0 aromatic carbocycles. The molecular weight excluding hydrogens is 308 g/mol. The fourth-order valence-corrected chi connectivity index (χ4v) is 4.83. The molecule has 0 spiro atoms. The molecule has 3 rings (SSSR count). The molecule has 0 saturated heterocycles. The number of carbonyl (C=O) groups excluding carboxylic acids is 2. The molecule has 3 aliphatic rings. The highest BCUT2D eigenvalue weighted by atomic mass is 16.7. The van der Waals surface area contributed by atoms with Crippen LogP contribution in [0.25, 0.3) is 0 Å². The lowest BCUT2D eigenvalue weighted by Gasteiger charge is -2.39. The van der Waals surface area contributed by atoms with Crippen LogP contribution in [-0.4, -0.2) is 30.9 Å². The van der Waals surface area contributed by atoms with Gasteiger partial charge in [-0.15, -0.1) is 0 Å². The molecule has 5 heteroatoms. The van der Waals surface area contributed by atoms with E-state index in [1.165, 1.54) is 19.3 Å². The predicted octanol–water partition coefficient (Wildman–Crippen LogP) is 3.37. The largest absolute Gasteiger partial charge is 0.462 e. The van der Waals surface area contributed by atoms with Gasteiger partial charge in [0, 0.05) is 12.0 Å². The van der Waals surface area contributed by atoms with Gasteiger partial charge in [0.2, 0.25) is 0 Å². The first-order valence-electron chi connectivity index (χ1n) is 9.10. The monoisotopic (exact) mass is 336 g/mol. The van der Waals surface area contributed by atoms with E-state index in [1.807, 2.05) is 0 Å². The molecule has 3 aliphatic carbocycles. The van der Waals surface area contributed by atoms with Crippen LogP contribution < -0.4 is 0 Å². The van der Waals surface area contributed by atoms with E-state index in [0.29, 0.717) is 12.0 Å². The van der Waals surface area contributed by atoms with Gasteiger partial charge in [-0.1, -0.05) is 13.0 Å². The minimum absolute atomic E-state index is 0.0357. The Morgan fingerprint density at radius 1 is 1.12 bits per heavy atom. The second kappa shape index (κ2) is 7.26. The topological polar surface area (TPSA) is 61.8 Å². The number of ether oxygens (including phenoxy) is 3. The smallest absolute Gasteiger partial charge is 0.333 e. The maximum Gasteiger partial charge on any atom is 0.333 e. The summed E-state index contributed by atoms with van der Waals surface area (Å²) in [7, 11) is 0. The zero-order valence-electron chi connectivity index (χ0n) is 14.6. The first kappa shape index (κ1) is 17.5. The van der Waals surface area contributed by atoms with E-state index in [9.17, 15) is 9.59 Å². The van der Waals surface area contributed by atoms with Crippen LogP contribution in [-0.2, 0) is 23.8 Å². The molecule has 0 heterocycles. The van der Waals surface area contributed by atoms with Crippen LogP contribution in [0.1, 0.15) is 58.3 Å². The van der Waals surface area contributed by atoms with E-state index in [2.05, 4.69) is 6.58 Å². The third-order valence-electron chi connectivity index (χ3n) is 5.87.